The normalized spacial score (nSPS) is 10.5. The summed E-state index contributed by atoms with van der Waals surface area (Å²) in [5.41, 5.74) is 3.53. The molecule has 0 aliphatic rings. The van der Waals surface area contributed by atoms with Gasteiger partial charge in [-0.25, -0.2) is 4.98 Å². The molecule has 0 aliphatic carbocycles. The second kappa shape index (κ2) is 6.66. The van der Waals surface area contributed by atoms with E-state index >= 15 is 0 Å². The van der Waals surface area contributed by atoms with Crippen LogP contribution >= 0.6 is 15.9 Å². The van der Waals surface area contributed by atoms with Crippen LogP contribution in [0.1, 0.15) is 16.8 Å². The van der Waals surface area contributed by atoms with Gasteiger partial charge in [0, 0.05) is 43.4 Å². The maximum Gasteiger partial charge on any atom is 0.131 e. The van der Waals surface area contributed by atoms with Gasteiger partial charge in [-0.05, 0) is 30.2 Å². The van der Waals surface area contributed by atoms with Crippen LogP contribution in [0.15, 0.2) is 36.7 Å². The van der Waals surface area contributed by atoms with Crippen LogP contribution in [0.3, 0.4) is 0 Å². The van der Waals surface area contributed by atoms with Crippen molar-refractivity contribution in [2.45, 2.75) is 18.7 Å². The van der Waals surface area contributed by atoms with Crippen LogP contribution in [-0.4, -0.2) is 23.6 Å². The molecule has 0 N–H and O–H groups in total. The number of aryl methyl sites for hydroxylation is 1. The highest BCUT2D eigenvalue weighted by Crippen LogP contribution is 2.18. The molecule has 0 atom stereocenters. The molecule has 3 nitrogen and oxygen atoms in total. The summed E-state index contributed by atoms with van der Waals surface area (Å²) in [6.45, 7) is 3.02. The zero-order valence-electron chi connectivity index (χ0n) is 11.3. The Labute approximate surface area is 122 Å². The minimum atomic E-state index is 0.846. The molecule has 19 heavy (non-hydrogen) atoms. The summed E-state index contributed by atoms with van der Waals surface area (Å²) in [4.78, 5) is 11.1. The first-order chi connectivity index (χ1) is 9.20. The lowest BCUT2D eigenvalue weighted by Crippen LogP contribution is -2.22. The van der Waals surface area contributed by atoms with E-state index in [0.717, 1.165) is 29.8 Å². The first-order valence-corrected chi connectivity index (χ1v) is 7.45. The standard InChI is InChI=1S/C15H18BrN3/c1-12-9-13(10-16)11-18-15(12)19(2)8-6-14-5-3-4-7-17-14/h3-5,7,9,11H,6,8,10H2,1-2H3. The zero-order chi connectivity index (χ0) is 13.7. The summed E-state index contributed by atoms with van der Waals surface area (Å²) in [6.07, 6.45) is 4.69. The SMILES string of the molecule is Cc1cc(CBr)cnc1N(C)CCc1ccccn1. The van der Waals surface area contributed by atoms with Crippen LogP contribution in [0, 0.1) is 6.92 Å². The third-order valence-corrected chi connectivity index (χ3v) is 3.70. The van der Waals surface area contributed by atoms with Gasteiger partial charge in [-0.1, -0.05) is 28.1 Å². The molecule has 0 bridgehead atoms. The van der Waals surface area contributed by atoms with E-state index in [9.17, 15) is 0 Å². The van der Waals surface area contributed by atoms with Gasteiger partial charge in [0.15, 0.2) is 0 Å². The van der Waals surface area contributed by atoms with E-state index in [0.29, 0.717) is 0 Å². The monoisotopic (exact) mass is 319 g/mol. The molecule has 4 heteroatoms. The number of likely N-dealkylation sites (N-methyl/N-ethyl adjacent to an activating group) is 1. The molecule has 0 saturated carbocycles. The van der Waals surface area contributed by atoms with E-state index in [1.807, 2.05) is 24.5 Å². The number of aromatic nitrogens is 2. The summed E-state index contributed by atoms with van der Waals surface area (Å²) in [5.74, 6) is 1.04. The summed E-state index contributed by atoms with van der Waals surface area (Å²) >= 11 is 3.45. The molecule has 0 aromatic carbocycles. The Kier molecular flexibility index (Phi) is 4.91. The van der Waals surface area contributed by atoms with Gasteiger partial charge in [0.1, 0.15) is 5.82 Å². The number of hydrogen-bond acceptors (Lipinski definition) is 3. The van der Waals surface area contributed by atoms with Gasteiger partial charge in [-0.15, -0.1) is 0 Å². The Balaban J connectivity index is 2.02. The van der Waals surface area contributed by atoms with Gasteiger partial charge in [0.2, 0.25) is 0 Å². The fourth-order valence-corrected chi connectivity index (χ4v) is 2.34. The molecule has 2 rings (SSSR count). The van der Waals surface area contributed by atoms with Gasteiger partial charge < -0.3 is 4.90 Å². The van der Waals surface area contributed by atoms with Crippen molar-refractivity contribution >= 4 is 21.7 Å². The number of alkyl halides is 1. The molecule has 0 fully saturated rings. The fourth-order valence-electron chi connectivity index (χ4n) is 2.03. The lowest BCUT2D eigenvalue weighted by Gasteiger charge is -2.20. The van der Waals surface area contributed by atoms with Gasteiger partial charge in [-0.3, -0.25) is 4.98 Å². The molecule has 0 radical (unpaired) electrons. The summed E-state index contributed by atoms with van der Waals surface area (Å²) in [5, 5.41) is 0.846. The van der Waals surface area contributed by atoms with Gasteiger partial charge in [0.05, 0.1) is 0 Å². The fraction of sp³-hybridized carbons (Fsp3) is 0.333. The molecular formula is C15H18BrN3. The van der Waals surface area contributed by atoms with Crippen LogP contribution < -0.4 is 4.90 Å². The van der Waals surface area contributed by atoms with Crippen molar-refractivity contribution in [3.05, 3.63) is 53.5 Å². The van der Waals surface area contributed by atoms with Crippen molar-refractivity contribution < 1.29 is 0 Å². The molecule has 2 heterocycles. The van der Waals surface area contributed by atoms with Gasteiger partial charge in [-0.2, -0.15) is 0 Å². The zero-order valence-corrected chi connectivity index (χ0v) is 12.9. The van der Waals surface area contributed by atoms with Gasteiger partial charge >= 0.3 is 0 Å². The minimum absolute atomic E-state index is 0.846. The second-order valence-corrected chi connectivity index (χ2v) is 5.17. The first-order valence-electron chi connectivity index (χ1n) is 6.33. The average molecular weight is 320 g/mol. The third-order valence-electron chi connectivity index (χ3n) is 3.05. The van der Waals surface area contributed by atoms with Crippen LogP contribution in [-0.2, 0) is 11.8 Å². The number of rotatable bonds is 5. The Morgan fingerprint density at radius 2 is 2.11 bits per heavy atom. The van der Waals surface area contributed by atoms with Gasteiger partial charge in [0.25, 0.3) is 0 Å². The summed E-state index contributed by atoms with van der Waals surface area (Å²) in [7, 11) is 2.08. The van der Waals surface area contributed by atoms with Crippen molar-refractivity contribution in [2.75, 3.05) is 18.5 Å². The molecule has 0 unspecified atom stereocenters. The molecule has 0 saturated heterocycles. The van der Waals surface area contributed by atoms with Crippen molar-refractivity contribution in [1.82, 2.24) is 9.97 Å². The van der Waals surface area contributed by atoms with Crippen molar-refractivity contribution in [3.8, 4) is 0 Å². The lowest BCUT2D eigenvalue weighted by molar-refractivity contribution is 0.834. The summed E-state index contributed by atoms with van der Waals surface area (Å²) in [6, 6.07) is 8.20. The average Bonchev–Trinajstić information content (AvgIpc) is 2.45. The lowest BCUT2D eigenvalue weighted by atomic mass is 10.2. The maximum absolute atomic E-state index is 4.54. The van der Waals surface area contributed by atoms with Crippen LogP contribution in [0.5, 0.6) is 0 Å². The number of halogens is 1. The number of hydrogen-bond donors (Lipinski definition) is 0. The Morgan fingerprint density at radius 3 is 2.74 bits per heavy atom. The largest absolute Gasteiger partial charge is 0.359 e. The van der Waals surface area contributed by atoms with E-state index < -0.39 is 0 Å². The van der Waals surface area contributed by atoms with Crippen LogP contribution in [0.25, 0.3) is 0 Å². The highest BCUT2D eigenvalue weighted by molar-refractivity contribution is 9.08. The predicted octanol–water partition coefficient (Wildman–Crippen LogP) is 3.36. The Hall–Kier alpha value is -1.42. The minimum Gasteiger partial charge on any atom is -0.359 e. The maximum atomic E-state index is 4.54. The van der Waals surface area contributed by atoms with E-state index in [4.69, 9.17) is 0 Å². The molecular weight excluding hydrogens is 302 g/mol. The first kappa shape index (κ1) is 14.0. The third kappa shape index (κ3) is 3.77. The second-order valence-electron chi connectivity index (χ2n) is 4.61. The van der Waals surface area contributed by atoms with Crippen LogP contribution in [0.4, 0.5) is 5.82 Å². The molecule has 2 aromatic rings. The quantitative estimate of drug-likeness (QED) is 0.791. The number of pyridine rings is 2. The van der Waals surface area contributed by atoms with Crippen molar-refractivity contribution in [1.29, 1.82) is 0 Å². The van der Waals surface area contributed by atoms with E-state index in [-0.39, 0.29) is 0 Å². The molecule has 100 valence electrons. The van der Waals surface area contributed by atoms with Crippen LogP contribution in [0.2, 0.25) is 0 Å². The molecule has 2 aromatic heterocycles. The predicted molar refractivity (Wildman–Crippen MR) is 82.8 cm³/mol. The highest BCUT2D eigenvalue weighted by atomic mass is 79.9. The summed E-state index contributed by atoms with van der Waals surface area (Å²) < 4.78 is 0. The van der Waals surface area contributed by atoms with Crippen molar-refractivity contribution in [3.63, 3.8) is 0 Å². The number of anilines is 1. The topological polar surface area (TPSA) is 29.0 Å². The Morgan fingerprint density at radius 1 is 1.26 bits per heavy atom. The number of nitrogens with zero attached hydrogens (tertiary/aromatic N) is 3. The molecule has 0 amide bonds. The Bertz CT molecular complexity index is 528. The molecule has 0 aliphatic heterocycles. The van der Waals surface area contributed by atoms with E-state index in [1.165, 1.54) is 11.1 Å². The smallest absolute Gasteiger partial charge is 0.131 e. The van der Waals surface area contributed by atoms with E-state index in [2.05, 4.69) is 56.9 Å². The highest BCUT2D eigenvalue weighted by Gasteiger charge is 2.07. The van der Waals surface area contributed by atoms with E-state index in [1.54, 1.807) is 0 Å². The molecule has 0 spiro atoms. The van der Waals surface area contributed by atoms with Crippen molar-refractivity contribution in [2.24, 2.45) is 0 Å².